The third-order valence-corrected chi connectivity index (χ3v) is 3.07. The van der Waals surface area contributed by atoms with Gasteiger partial charge in [0.2, 0.25) is 0 Å². The van der Waals surface area contributed by atoms with Gasteiger partial charge in [0.05, 0.1) is 12.7 Å². The fourth-order valence-corrected chi connectivity index (χ4v) is 1.91. The van der Waals surface area contributed by atoms with E-state index in [1.807, 2.05) is 6.07 Å². The molecule has 0 aromatic heterocycles. The van der Waals surface area contributed by atoms with Gasteiger partial charge in [0.25, 0.3) is 0 Å². The molecule has 1 aromatic carbocycles. The van der Waals surface area contributed by atoms with Gasteiger partial charge in [-0.05, 0) is 31.9 Å². The topological polar surface area (TPSA) is 38.5 Å². The summed E-state index contributed by atoms with van der Waals surface area (Å²) in [5, 5.41) is 0. The lowest BCUT2D eigenvalue weighted by Gasteiger charge is -2.25. The Hall–Kier alpha value is -1.06. The molecule has 18 heavy (non-hydrogen) atoms. The molecule has 3 nitrogen and oxygen atoms in total. The number of nitrogens with zero attached hydrogens (tertiary/aromatic N) is 1. The Labute approximate surface area is 111 Å². The summed E-state index contributed by atoms with van der Waals surface area (Å²) in [5.41, 5.74) is 8.57. The molecular formula is C15H26N2O. The molecule has 0 spiro atoms. The highest BCUT2D eigenvalue weighted by Crippen LogP contribution is 2.25. The van der Waals surface area contributed by atoms with Crippen molar-refractivity contribution in [3.05, 3.63) is 29.8 Å². The normalized spacial score (nSPS) is 12.8. The Morgan fingerprint density at radius 1 is 1.28 bits per heavy atom. The van der Waals surface area contributed by atoms with E-state index in [-0.39, 0.29) is 12.1 Å². The summed E-state index contributed by atoms with van der Waals surface area (Å²) in [5.74, 6) is 0. The molecule has 0 aliphatic carbocycles. The van der Waals surface area contributed by atoms with Crippen LogP contribution in [0.2, 0.25) is 0 Å². The maximum absolute atomic E-state index is 6.15. The van der Waals surface area contributed by atoms with Gasteiger partial charge in [-0.1, -0.05) is 25.1 Å². The molecule has 0 aliphatic heterocycles. The van der Waals surface area contributed by atoms with E-state index >= 15 is 0 Å². The smallest absolute Gasteiger partial charge is 0.0644 e. The molecule has 1 atom stereocenters. The Morgan fingerprint density at radius 3 is 2.56 bits per heavy atom. The maximum atomic E-state index is 6.15. The number of benzene rings is 1. The van der Waals surface area contributed by atoms with Crippen LogP contribution in [-0.4, -0.2) is 26.3 Å². The highest BCUT2D eigenvalue weighted by atomic mass is 16.5. The van der Waals surface area contributed by atoms with E-state index in [9.17, 15) is 0 Å². The first-order chi connectivity index (χ1) is 8.56. The van der Waals surface area contributed by atoms with Crippen LogP contribution in [0.1, 0.15) is 38.8 Å². The molecule has 2 N–H and O–H groups in total. The monoisotopic (exact) mass is 250 g/mol. The summed E-state index contributed by atoms with van der Waals surface area (Å²) in [7, 11) is 2.09. The lowest BCUT2D eigenvalue weighted by Crippen LogP contribution is -2.26. The second kappa shape index (κ2) is 7.39. The van der Waals surface area contributed by atoms with E-state index in [0.717, 1.165) is 19.6 Å². The van der Waals surface area contributed by atoms with E-state index in [4.69, 9.17) is 10.5 Å². The summed E-state index contributed by atoms with van der Waals surface area (Å²) >= 11 is 0. The minimum atomic E-state index is 0.106. The van der Waals surface area contributed by atoms with Crippen molar-refractivity contribution in [3.8, 4) is 0 Å². The Kier molecular flexibility index (Phi) is 6.16. The van der Waals surface area contributed by atoms with Crippen LogP contribution in [0.4, 0.5) is 5.69 Å². The SMILES string of the molecule is CCC(N)c1ccccc1N(C)CCOC(C)C. The molecule has 0 heterocycles. The molecule has 102 valence electrons. The Bertz CT molecular complexity index is 352. The minimum absolute atomic E-state index is 0.106. The zero-order chi connectivity index (χ0) is 13.5. The van der Waals surface area contributed by atoms with E-state index in [1.165, 1.54) is 11.3 Å². The summed E-state index contributed by atoms with van der Waals surface area (Å²) in [6, 6.07) is 8.45. The van der Waals surface area contributed by atoms with Crippen molar-refractivity contribution in [1.29, 1.82) is 0 Å². The molecule has 1 aromatic rings. The van der Waals surface area contributed by atoms with Gasteiger partial charge in [-0.15, -0.1) is 0 Å². The third-order valence-electron chi connectivity index (χ3n) is 3.07. The molecule has 1 rings (SSSR count). The summed E-state index contributed by atoms with van der Waals surface area (Å²) in [4.78, 5) is 2.22. The van der Waals surface area contributed by atoms with Gasteiger partial charge in [0, 0.05) is 25.3 Å². The van der Waals surface area contributed by atoms with Crippen LogP contribution in [0.3, 0.4) is 0 Å². The molecule has 0 amide bonds. The van der Waals surface area contributed by atoms with Crippen LogP contribution in [0.15, 0.2) is 24.3 Å². The Morgan fingerprint density at radius 2 is 1.94 bits per heavy atom. The van der Waals surface area contributed by atoms with Crippen LogP contribution >= 0.6 is 0 Å². The quantitative estimate of drug-likeness (QED) is 0.808. The molecule has 1 unspecified atom stereocenters. The fourth-order valence-electron chi connectivity index (χ4n) is 1.91. The molecule has 0 fully saturated rings. The predicted molar refractivity (Wildman–Crippen MR) is 78.0 cm³/mol. The number of nitrogens with two attached hydrogens (primary N) is 1. The van der Waals surface area contributed by atoms with Crippen molar-refractivity contribution in [3.63, 3.8) is 0 Å². The van der Waals surface area contributed by atoms with E-state index in [1.54, 1.807) is 0 Å². The number of likely N-dealkylation sites (N-methyl/N-ethyl adjacent to an activating group) is 1. The van der Waals surface area contributed by atoms with Crippen molar-refractivity contribution in [2.24, 2.45) is 5.73 Å². The largest absolute Gasteiger partial charge is 0.377 e. The van der Waals surface area contributed by atoms with Crippen LogP contribution < -0.4 is 10.6 Å². The average molecular weight is 250 g/mol. The number of hydrogen-bond donors (Lipinski definition) is 1. The van der Waals surface area contributed by atoms with Gasteiger partial charge in [-0.25, -0.2) is 0 Å². The molecule has 0 saturated carbocycles. The summed E-state index contributed by atoms with van der Waals surface area (Å²) in [6.45, 7) is 7.85. The van der Waals surface area contributed by atoms with Crippen molar-refractivity contribution in [1.82, 2.24) is 0 Å². The number of anilines is 1. The standard InChI is InChI=1S/C15H26N2O/c1-5-14(16)13-8-6-7-9-15(13)17(4)10-11-18-12(2)3/h6-9,12,14H,5,10-11,16H2,1-4H3. The highest BCUT2D eigenvalue weighted by molar-refractivity contribution is 5.54. The van der Waals surface area contributed by atoms with Gasteiger partial charge in [0.1, 0.15) is 0 Å². The van der Waals surface area contributed by atoms with E-state index in [0.29, 0.717) is 0 Å². The Balaban J connectivity index is 2.69. The van der Waals surface area contributed by atoms with Crippen LogP contribution in [0, 0.1) is 0 Å². The van der Waals surface area contributed by atoms with Crippen molar-refractivity contribution >= 4 is 5.69 Å². The second-order valence-corrected chi connectivity index (χ2v) is 4.91. The van der Waals surface area contributed by atoms with Gasteiger partial charge in [0.15, 0.2) is 0 Å². The van der Waals surface area contributed by atoms with E-state index < -0.39 is 0 Å². The molecule has 0 saturated heterocycles. The van der Waals surface area contributed by atoms with Crippen molar-refractivity contribution in [2.45, 2.75) is 39.3 Å². The fraction of sp³-hybridized carbons (Fsp3) is 0.600. The number of hydrogen-bond acceptors (Lipinski definition) is 3. The zero-order valence-electron chi connectivity index (χ0n) is 12.0. The first-order valence-electron chi connectivity index (χ1n) is 6.73. The summed E-state index contributed by atoms with van der Waals surface area (Å²) in [6.07, 6.45) is 1.24. The first kappa shape index (κ1) is 15.0. The van der Waals surface area contributed by atoms with Crippen LogP contribution in [-0.2, 0) is 4.74 Å². The molecule has 0 bridgehead atoms. The van der Waals surface area contributed by atoms with Gasteiger partial charge >= 0.3 is 0 Å². The highest BCUT2D eigenvalue weighted by Gasteiger charge is 2.11. The third kappa shape index (κ3) is 4.31. The van der Waals surface area contributed by atoms with Gasteiger partial charge < -0.3 is 15.4 Å². The molecule has 0 radical (unpaired) electrons. The van der Waals surface area contributed by atoms with Gasteiger partial charge in [-0.2, -0.15) is 0 Å². The minimum Gasteiger partial charge on any atom is -0.377 e. The summed E-state index contributed by atoms with van der Waals surface area (Å²) < 4.78 is 5.59. The second-order valence-electron chi connectivity index (χ2n) is 4.91. The number of rotatable bonds is 7. The first-order valence-corrected chi connectivity index (χ1v) is 6.73. The van der Waals surface area contributed by atoms with Crippen LogP contribution in [0.5, 0.6) is 0 Å². The van der Waals surface area contributed by atoms with Crippen molar-refractivity contribution < 1.29 is 4.74 Å². The average Bonchev–Trinajstić information content (AvgIpc) is 2.37. The molecular weight excluding hydrogens is 224 g/mol. The van der Waals surface area contributed by atoms with Gasteiger partial charge in [-0.3, -0.25) is 0 Å². The lowest BCUT2D eigenvalue weighted by atomic mass is 10.0. The molecule has 0 aliphatic rings. The molecule has 3 heteroatoms. The lowest BCUT2D eigenvalue weighted by molar-refractivity contribution is 0.0846. The van der Waals surface area contributed by atoms with E-state index in [2.05, 4.69) is 50.9 Å². The van der Waals surface area contributed by atoms with Crippen LogP contribution in [0.25, 0.3) is 0 Å². The zero-order valence-corrected chi connectivity index (χ0v) is 12.0. The van der Waals surface area contributed by atoms with Crippen molar-refractivity contribution in [2.75, 3.05) is 25.1 Å². The number of ether oxygens (including phenoxy) is 1. The number of para-hydroxylation sites is 1. The maximum Gasteiger partial charge on any atom is 0.0644 e. The predicted octanol–water partition coefficient (Wildman–Crippen LogP) is 2.96.